The van der Waals surface area contributed by atoms with Crippen molar-refractivity contribution in [3.8, 4) is 6.07 Å². The van der Waals surface area contributed by atoms with Crippen molar-refractivity contribution in [1.82, 2.24) is 0 Å². The first-order chi connectivity index (χ1) is 8.60. The number of hydrogen-bond acceptors (Lipinski definition) is 3. The van der Waals surface area contributed by atoms with Gasteiger partial charge in [-0.05, 0) is 37.9 Å². The predicted molar refractivity (Wildman–Crippen MR) is 72.0 cm³/mol. The fourth-order valence-electron chi connectivity index (χ4n) is 1.73. The van der Waals surface area contributed by atoms with Gasteiger partial charge in [0.1, 0.15) is 6.07 Å². The van der Waals surface area contributed by atoms with Gasteiger partial charge in [-0.1, -0.05) is 19.1 Å². The molecule has 0 aliphatic rings. The Morgan fingerprint density at radius 2 is 2.28 bits per heavy atom. The summed E-state index contributed by atoms with van der Waals surface area (Å²) in [5.41, 5.74) is 7.40. The van der Waals surface area contributed by atoms with E-state index in [1.165, 1.54) is 0 Å². The summed E-state index contributed by atoms with van der Waals surface area (Å²) < 4.78 is 0. The fourth-order valence-corrected chi connectivity index (χ4v) is 1.73. The zero-order valence-electron chi connectivity index (χ0n) is 10.9. The average Bonchev–Trinajstić information content (AvgIpc) is 2.36. The Bertz CT molecular complexity index is 463. The minimum Gasteiger partial charge on any atom is -0.330 e. The highest BCUT2D eigenvalue weighted by Crippen LogP contribution is 2.19. The highest BCUT2D eigenvalue weighted by molar-refractivity contribution is 5.93. The van der Waals surface area contributed by atoms with Crippen LogP contribution < -0.4 is 11.1 Å². The van der Waals surface area contributed by atoms with Crippen LogP contribution in [0, 0.1) is 24.2 Å². The van der Waals surface area contributed by atoms with Crippen LogP contribution in [0.1, 0.15) is 30.9 Å². The summed E-state index contributed by atoms with van der Waals surface area (Å²) in [5, 5.41) is 11.9. The van der Waals surface area contributed by atoms with Gasteiger partial charge in [0.15, 0.2) is 0 Å². The number of amides is 1. The third-order valence-electron chi connectivity index (χ3n) is 2.93. The Kier molecular flexibility index (Phi) is 5.34. The number of nitrogens with zero attached hydrogens (tertiary/aromatic N) is 1. The first kappa shape index (κ1) is 14.2. The van der Waals surface area contributed by atoms with Crippen molar-refractivity contribution in [2.45, 2.75) is 26.7 Å². The molecule has 1 rings (SSSR count). The summed E-state index contributed by atoms with van der Waals surface area (Å²) in [5.74, 6) is -0.161. The zero-order valence-corrected chi connectivity index (χ0v) is 10.9. The Labute approximate surface area is 108 Å². The van der Waals surface area contributed by atoms with Crippen LogP contribution in [0.2, 0.25) is 0 Å². The first-order valence-electron chi connectivity index (χ1n) is 6.10. The lowest BCUT2D eigenvalue weighted by atomic mass is 10.0. The molecule has 0 bridgehead atoms. The summed E-state index contributed by atoms with van der Waals surface area (Å²) in [6.07, 6.45) is 1.59. The molecule has 0 aromatic heterocycles. The summed E-state index contributed by atoms with van der Waals surface area (Å²) in [6.45, 7) is 4.31. The summed E-state index contributed by atoms with van der Waals surface area (Å²) in [7, 11) is 0. The van der Waals surface area contributed by atoms with Crippen molar-refractivity contribution in [1.29, 1.82) is 5.26 Å². The van der Waals surface area contributed by atoms with E-state index in [4.69, 9.17) is 11.0 Å². The third kappa shape index (κ3) is 3.57. The van der Waals surface area contributed by atoms with Crippen LogP contribution in [0.5, 0.6) is 0 Å². The fraction of sp³-hybridized carbons (Fsp3) is 0.429. The zero-order chi connectivity index (χ0) is 13.5. The van der Waals surface area contributed by atoms with E-state index in [-0.39, 0.29) is 11.8 Å². The molecule has 0 aliphatic carbocycles. The summed E-state index contributed by atoms with van der Waals surface area (Å²) in [6, 6.07) is 7.55. The highest BCUT2D eigenvalue weighted by Gasteiger charge is 2.14. The molecule has 1 amide bonds. The molecule has 18 heavy (non-hydrogen) atoms. The van der Waals surface area contributed by atoms with Gasteiger partial charge in [0.05, 0.1) is 11.3 Å². The van der Waals surface area contributed by atoms with Gasteiger partial charge in [0.25, 0.3) is 0 Å². The molecule has 1 atom stereocenters. The van der Waals surface area contributed by atoms with Crippen molar-refractivity contribution in [3.63, 3.8) is 0 Å². The Morgan fingerprint density at radius 1 is 1.56 bits per heavy atom. The molecule has 1 unspecified atom stereocenters. The van der Waals surface area contributed by atoms with Crippen LogP contribution in [0.3, 0.4) is 0 Å². The number of aryl methyl sites for hydroxylation is 1. The van der Waals surface area contributed by atoms with Gasteiger partial charge in [0.2, 0.25) is 5.91 Å². The van der Waals surface area contributed by atoms with Crippen LogP contribution in [-0.4, -0.2) is 12.5 Å². The Morgan fingerprint density at radius 3 is 2.89 bits per heavy atom. The maximum Gasteiger partial charge on any atom is 0.227 e. The molecule has 96 valence electrons. The lowest BCUT2D eigenvalue weighted by Crippen LogP contribution is -2.21. The van der Waals surface area contributed by atoms with E-state index in [1.807, 2.05) is 26.0 Å². The molecular formula is C14H19N3O. The maximum atomic E-state index is 11.9. The van der Waals surface area contributed by atoms with Crippen LogP contribution in [0.15, 0.2) is 18.2 Å². The number of nitrogens with two attached hydrogens (primary N) is 1. The normalized spacial score (nSPS) is 11.7. The molecule has 0 heterocycles. The van der Waals surface area contributed by atoms with Gasteiger partial charge in [0, 0.05) is 5.92 Å². The van der Waals surface area contributed by atoms with Gasteiger partial charge < -0.3 is 11.1 Å². The van der Waals surface area contributed by atoms with Crippen LogP contribution in [-0.2, 0) is 4.79 Å². The minimum absolute atomic E-state index is 0.0643. The molecule has 3 N–H and O–H groups in total. The smallest absolute Gasteiger partial charge is 0.227 e. The molecule has 1 aromatic carbocycles. The number of nitrogens with one attached hydrogen (secondary N) is 1. The highest BCUT2D eigenvalue weighted by atomic mass is 16.1. The van der Waals surface area contributed by atoms with E-state index in [0.29, 0.717) is 17.8 Å². The van der Waals surface area contributed by atoms with Crippen LogP contribution >= 0.6 is 0 Å². The molecule has 4 nitrogen and oxygen atoms in total. The number of carbonyl (C=O) groups excluding carboxylic acids is 1. The molecule has 0 aliphatic heterocycles. The average molecular weight is 245 g/mol. The molecule has 0 fully saturated rings. The molecule has 1 aromatic rings. The number of nitriles is 1. The minimum atomic E-state index is -0.0967. The van der Waals surface area contributed by atoms with E-state index in [9.17, 15) is 4.79 Å². The van der Waals surface area contributed by atoms with Crippen molar-refractivity contribution >= 4 is 11.6 Å². The van der Waals surface area contributed by atoms with E-state index >= 15 is 0 Å². The van der Waals surface area contributed by atoms with Crippen molar-refractivity contribution in [2.24, 2.45) is 11.7 Å². The first-order valence-corrected chi connectivity index (χ1v) is 6.10. The van der Waals surface area contributed by atoms with Crippen molar-refractivity contribution in [3.05, 3.63) is 29.3 Å². The lowest BCUT2D eigenvalue weighted by Gasteiger charge is -2.13. The monoisotopic (exact) mass is 245 g/mol. The second kappa shape index (κ2) is 6.77. The summed E-state index contributed by atoms with van der Waals surface area (Å²) in [4.78, 5) is 11.9. The van der Waals surface area contributed by atoms with E-state index < -0.39 is 0 Å². The molecule has 0 spiro atoms. The SMILES string of the molecule is Cc1cccc(NC(=O)C(C)CCCN)c1C#N. The number of rotatable bonds is 5. The topological polar surface area (TPSA) is 78.9 Å². The van der Waals surface area contributed by atoms with E-state index in [1.54, 1.807) is 6.07 Å². The number of carbonyl (C=O) groups is 1. The largest absolute Gasteiger partial charge is 0.330 e. The molecule has 0 radical (unpaired) electrons. The number of hydrogen-bond donors (Lipinski definition) is 2. The van der Waals surface area contributed by atoms with Crippen LogP contribution in [0.4, 0.5) is 5.69 Å². The van der Waals surface area contributed by atoms with Gasteiger partial charge >= 0.3 is 0 Å². The van der Waals surface area contributed by atoms with Gasteiger partial charge in [-0.25, -0.2) is 0 Å². The maximum absolute atomic E-state index is 11.9. The van der Waals surface area contributed by atoms with Gasteiger partial charge in [-0.2, -0.15) is 5.26 Å². The predicted octanol–water partition coefficient (Wildman–Crippen LogP) is 2.18. The van der Waals surface area contributed by atoms with Crippen LogP contribution in [0.25, 0.3) is 0 Å². The third-order valence-corrected chi connectivity index (χ3v) is 2.93. The van der Waals surface area contributed by atoms with Gasteiger partial charge in [-0.3, -0.25) is 4.79 Å². The van der Waals surface area contributed by atoms with E-state index in [2.05, 4.69) is 11.4 Å². The second-order valence-electron chi connectivity index (χ2n) is 4.43. The second-order valence-corrected chi connectivity index (χ2v) is 4.43. The molecular weight excluding hydrogens is 226 g/mol. The molecule has 0 saturated carbocycles. The Balaban J connectivity index is 2.76. The molecule has 4 heteroatoms. The number of anilines is 1. The Hall–Kier alpha value is -1.86. The summed E-state index contributed by atoms with van der Waals surface area (Å²) >= 11 is 0. The van der Waals surface area contributed by atoms with Gasteiger partial charge in [-0.15, -0.1) is 0 Å². The number of benzene rings is 1. The lowest BCUT2D eigenvalue weighted by molar-refractivity contribution is -0.119. The van der Waals surface area contributed by atoms with Crippen molar-refractivity contribution in [2.75, 3.05) is 11.9 Å². The quantitative estimate of drug-likeness (QED) is 0.834. The van der Waals surface area contributed by atoms with Crippen molar-refractivity contribution < 1.29 is 4.79 Å². The van der Waals surface area contributed by atoms with E-state index in [0.717, 1.165) is 18.4 Å². The molecule has 0 saturated heterocycles. The standard InChI is InChI=1S/C14H19N3O/c1-10-5-3-7-13(12(10)9-16)17-14(18)11(2)6-4-8-15/h3,5,7,11H,4,6,8,15H2,1-2H3,(H,17,18).